The SMILES string of the molecule is CN(C)C(=O)c1sc2ncccc2c1[C@@H]1CCN(Cc2ccc(OC3CCCC3)cc2)C1. The summed E-state index contributed by atoms with van der Waals surface area (Å²) in [7, 11) is 3.65. The summed E-state index contributed by atoms with van der Waals surface area (Å²) < 4.78 is 6.11. The van der Waals surface area contributed by atoms with Gasteiger partial charge in [-0.3, -0.25) is 9.69 Å². The highest BCUT2D eigenvalue weighted by Crippen LogP contribution is 2.40. The van der Waals surface area contributed by atoms with Crippen molar-refractivity contribution in [2.75, 3.05) is 27.2 Å². The third kappa shape index (κ3) is 4.39. The van der Waals surface area contributed by atoms with Crippen LogP contribution >= 0.6 is 11.3 Å². The predicted octanol–water partition coefficient (Wildman–Crippen LogP) is 5.31. The van der Waals surface area contributed by atoms with E-state index in [1.807, 2.05) is 26.4 Å². The van der Waals surface area contributed by atoms with E-state index in [-0.39, 0.29) is 5.91 Å². The molecule has 0 radical (unpaired) electrons. The van der Waals surface area contributed by atoms with Gasteiger partial charge >= 0.3 is 0 Å². The summed E-state index contributed by atoms with van der Waals surface area (Å²) in [5.74, 6) is 1.43. The minimum Gasteiger partial charge on any atom is -0.490 e. The fourth-order valence-electron chi connectivity index (χ4n) is 5.06. The zero-order chi connectivity index (χ0) is 22.1. The van der Waals surface area contributed by atoms with Crippen molar-refractivity contribution in [3.05, 3.63) is 58.6 Å². The van der Waals surface area contributed by atoms with Crippen LogP contribution in [-0.4, -0.2) is 54.0 Å². The highest BCUT2D eigenvalue weighted by molar-refractivity contribution is 7.20. The van der Waals surface area contributed by atoms with E-state index in [9.17, 15) is 4.79 Å². The van der Waals surface area contributed by atoms with E-state index in [0.717, 1.165) is 46.9 Å². The first-order valence-corrected chi connectivity index (χ1v) is 12.5. The second kappa shape index (κ2) is 9.20. The summed E-state index contributed by atoms with van der Waals surface area (Å²) in [4.78, 5) is 23.4. The minimum absolute atomic E-state index is 0.0827. The molecule has 1 aliphatic heterocycles. The Kier molecular flexibility index (Phi) is 6.15. The number of hydrogen-bond acceptors (Lipinski definition) is 5. The number of aromatic nitrogens is 1. The highest BCUT2D eigenvalue weighted by atomic mass is 32.1. The van der Waals surface area contributed by atoms with Crippen LogP contribution in [0, 0.1) is 0 Å². The van der Waals surface area contributed by atoms with Crippen molar-refractivity contribution in [1.29, 1.82) is 0 Å². The zero-order valence-corrected chi connectivity index (χ0v) is 19.7. The van der Waals surface area contributed by atoms with Gasteiger partial charge in [0.2, 0.25) is 0 Å². The summed E-state index contributed by atoms with van der Waals surface area (Å²) in [6, 6.07) is 12.7. The molecule has 2 fully saturated rings. The number of amides is 1. The van der Waals surface area contributed by atoms with E-state index in [4.69, 9.17) is 4.74 Å². The molecular weight excluding hydrogens is 418 g/mol. The molecule has 3 heterocycles. The molecule has 5 rings (SSSR count). The van der Waals surface area contributed by atoms with E-state index >= 15 is 0 Å². The minimum atomic E-state index is 0.0827. The van der Waals surface area contributed by atoms with Gasteiger partial charge in [0, 0.05) is 44.7 Å². The van der Waals surface area contributed by atoms with E-state index in [1.54, 1.807) is 4.90 Å². The van der Waals surface area contributed by atoms with Crippen LogP contribution in [0.15, 0.2) is 42.6 Å². The standard InChI is InChI=1S/C26H31N3O2S/c1-28(2)26(30)24-23(22-8-5-14-27-25(22)32-24)19-13-15-29(17-19)16-18-9-11-21(12-10-18)31-20-6-3-4-7-20/h5,8-12,14,19-20H,3-4,6-7,13,15-17H2,1-2H3/t19-/m1/s1. The molecule has 5 nitrogen and oxygen atoms in total. The number of thiophene rings is 1. The Morgan fingerprint density at radius 1 is 1.16 bits per heavy atom. The van der Waals surface area contributed by atoms with E-state index in [2.05, 4.69) is 40.2 Å². The van der Waals surface area contributed by atoms with Crippen molar-refractivity contribution in [3.8, 4) is 5.75 Å². The molecule has 32 heavy (non-hydrogen) atoms. The molecule has 2 aliphatic rings. The molecule has 0 bridgehead atoms. The fourth-order valence-corrected chi connectivity index (χ4v) is 6.31. The first-order chi connectivity index (χ1) is 15.6. The lowest BCUT2D eigenvalue weighted by Crippen LogP contribution is -2.23. The first kappa shape index (κ1) is 21.4. The molecule has 6 heteroatoms. The van der Waals surface area contributed by atoms with Gasteiger partial charge in [-0.1, -0.05) is 18.2 Å². The Hall–Kier alpha value is -2.44. The number of nitrogens with zero attached hydrogens (tertiary/aromatic N) is 3. The maximum Gasteiger partial charge on any atom is 0.263 e. The van der Waals surface area contributed by atoms with Gasteiger partial charge in [0.05, 0.1) is 11.0 Å². The van der Waals surface area contributed by atoms with Crippen molar-refractivity contribution in [2.45, 2.75) is 50.7 Å². The third-order valence-electron chi connectivity index (χ3n) is 6.72. The monoisotopic (exact) mass is 449 g/mol. The van der Waals surface area contributed by atoms with Crippen LogP contribution in [0.5, 0.6) is 5.75 Å². The Labute approximate surface area is 194 Å². The average molecular weight is 450 g/mol. The number of benzene rings is 1. The maximum absolute atomic E-state index is 12.9. The number of fused-ring (bicyclic) bond motifs is 1. The van der Waals surface area contributed by atoms with Gasteiger partial charge in [-0.2, -0.15) is 0 Å². The molecule has 1 atom stereocenters. The number of rotatable bonds is 6. The summed E-state index contributed by atoms with van der Waals surface area (Å²) in [6.45, 7) is 2.93. The Balaban J connectivity index is 1.29. The summed E-state index contributed by atoms with van der Waals surface area (Å²) in [5.41, 5.74) is 2.51. The molecule has 0 unspecified atom stereocenters. The van der Waals surface area contributed by atoms with Crippen LogP contribution < -0.4 is 4.74 Å². The molecule has 1 aromatic carbocycles. The van der Waals surface area contributed by atoms with Crippen LogP contribution in [0.4, 0.5) is 0 Å². The van der Waals surface area contributed by atoms with Gasteiger partial charge in [0.1, 0.15) is 10.6 Å². The van der Waals surface area contributed by atoms with Gasteiger partial charge in [-0.25, -0.2) is 4.98 Å². The molecule has 1 aliphatic carbocycles. The van der Waals surface area contributed by atoms with Crippen LogP contribution in [0.3, 0.4) is 0 Å². The van der Waals surface area contributed by atoms with Gasteiger partial charge in [0.15, 0.2) is 0 Å². The van der Waals surface area contributed by atoms with Crippen molar-refractivity contribution in [3.63, 3.8) is 0 Å². The van der Waals surface area contributed by atoms with Crippen LogP contribution in [-0.2, 0) is 6.54 Å². The van der Waals surface area contributed by atoms with E-state index < -0.39 is 0 Å². The quantitative estimate of drug-likeness (QED) is 0.512. The highest BCUT2D eigenvalue weighted by Gasteiger charge is 2.31. The second-order valence-electron chi connectivity index (χ2n) is 9.29. The lowest BCUT2D eigenvalue weighted by molar-refractivity contribution is 0.0831. The van der Waals surface area contributed by atoms with Gasteiger partial charge in [-0.05, 0) is 68.0 Å². The van der Waals surface area contributed by atoms with Gasteiger partial charge < -0.3 is 9.64 Å². The molecule has 2 aromatic heterocycles. The summed E-state index contributed by atoms with van der Waals surface area (Å²) in [6.07, 6.45) is 8.22. The van der Waals surface area contributed by atoms with Crippen LogP contribution in [0.2, 0.25) is 0 Å². The normalized spacial score (nSPS) is 19.6. The molecule has 168 valence electrons. The average Bonchev–Trinajstić information content (AvgIpc) is 3.54. The molecule has 0 N–H and O–H groups in total. The molecule has 1 saturated carbocycles. The Morgan fingerprint density at radius 3 is 2.69 bits per heavy atom. The van der Waals surface area contributed by atoms with Crippen molar-refractivity contribution in [1.82, 2.24) is 14.8 Å². The number of ether oxygens (including phenoxy) is 1. The Bertz CT molecular complexity index is 1090. The zero-order valence-electron chi connectivity index (χ0n) is 18.9. The largest absolute Gasteiger partial charge is 0.490 e. The topological polar surface area (TPSA) is 45.7 Å². The fraction of sp³-hybridized carbons (Fsp3) is 0.462. The lowest BCUT2D eigenvalue weighted by Gasteiger charge is -2.18. The number of likely N-dealkylation sites (tertiary alicyclic amines) is 1. The van der Waals surface area contributed by atoms with E-state index in [0.29, 0.717) is 12.0 Å². The maximum atomic E-state index is 12.9. The van der Waals surface area contributed by atoms with Crippen LogP contribution in [0.1, 0.15) is 58.8 Å². The van der Waals surface area contributed by atoms with Crippen molar-refractivity contribution in [2.24, 2.45) is 0 Å². The second-order valence-corrected chi connectivity index (χ2v) is 10.3. The number of hydrogen-bond donors (Lipinski definition) is 0. The molecular formula is C26H31N3O2S. The summed E-state index contributed by atoms with van der Waals surface area (Å²) in [5, 5.41) is 1.14. The molecule has 1 saturated heterocycles. The first-order valence-electron chi connectivity index (χ1n) is 11.7. The summed E-state index contributed by atoms with van der Waals surface area (Å²) >= 11 is 1.53. The smallest absolute Gasteiger partial charge is 0.263 e. The molecule has 1 amide bonds. The predicted molar refractivity (Wildman–Crippen MR) is 130 cm³/mol. The molecule has 3 aromatic rings. The number of carbonyl (C=O) groups is 1. The van der Waals surface area contributed by atoms with Crippen molar-refractivity contribution < 1.29 is 9.53 Å². The Morgan fingerprint density at radius 2 is 1.94 bits per heavy atom. The van der Waals surface area contributed by atoms with E-state index in [1.165, 1.54) is 48.1 Å². The number of pyridine rings is 1. The van der Waals surface area contributed by atoms with Gasteiger partial charge in [0.25, 0.3) is 5.91 Å². The third-order valence-corrected chi connectivity index (χ3v) is 7.84. The lowest BCUT2D eigenvalue weighted by atomic mass is 9.95. The molecule has 0 spiro atoms. The van der Waals surface area contributed by atoms with Crippen LogP contribution in [0.25, 0.3) is 10.2 Å². The van der Waals surface area contributed by atoms with Crippen molar-refractivity contribution >= 4 is 27.5 Å². The van der Waals surface area contributed by atoms with Gasteiger partial charge in [-0.15, -0.1) is 11.3 Å². The number of carbonyl (C=O) groups excluding carboxylic acids is 1.